The van der Waals surface area contributed by atoms with Crippen molar-refractivity contribution in [3.05, 3.63) is 72.1 Å². The smallest absolute Gasteiger partial charge is 0.387 e. The van der Waals surface area contributed by atoms with Crippen LogP contribution in [-0.2, 0) is 13.1 Å². The topological polar surface area (TPSA) is 39.5 Å². The quantitative estimate of drug-likeness (QED) is 0.467. The van der Waals surface area contributed by atoms with Gasteiger partial charge in [-0.1, -0.05) is 24.3 Å². The van der Waals surface area contributed by atoms with Gasteiger partial charge in [0.2, 0.25) is 0 Å². The Morgan fingerprint density at radius 1 is 1.07 bits per heavy atom. The van der Waals surface area contributed by atoms with Gasteiger partial charge in [0.15, 0.2) is 11.5 Å². The number of rotatable bonds is 10. The summed E-state index contributed by atoms with van der Waals surface area (Å²) in [6.07, 6.45) is 6.28. The third kappa shape index (κ3) is 5.16. The number of ether oxygens (including phenoxy) is 2. The molecule has 5 nitrogen and oxygen atoms in total. The number of aromatic nitrogens is 2. The molecular formula is C23H25F2N3O2. The van der Waals surface area contributed by atoms with E-state index in [1.54, 1.807) is 12.1 Å². The van der Waals surface area contributed by atoms with Crippen LogP contribution in [0.5, 0.6) is 11.5 Å². The van der Waals surface area contributed by atoms with E-state index in [2.05, 4.69) is 20.9 Å². The lowest BCUT2D eigenvalue weighted by atomic mass is 10.1. The molecule has 1 fully saturated rings. The monoisotopic (exact) mass is 413 g/mol. The molecule has 1 aromatic heterocycles. The van der Waals surface area contributed by atoms with Gasteiger partial charge in [-0.2, -0.15) is 13.9 Å². The van der Waals surface area contributed by atoms with Gasteiger partial charge in [-0.05, 0) is 49.6 Å². The van der Waals surface area contributed by atoms with E-state index in [9.17, 15) is 8.78 Å². The Labute approximate surface area is 174 Å². The number of halogens is 2. The average Bonchev–Trinajstić information content (AvgIpc) is 3.49. The first-order valence-electron chi connectivity index (χ1n) is 10.2. The fourth-order valence-corrected chi connectivity index (χ4v) is 3.50. The second-order valence-corrected chi connectivity index (χ2v) is 7.36. The van der Waals surface area contributed by atoms with E-state index in [4.69, 9.17) is 4.74 Å². The second-order valence-electron chi connectivity index (χ2n) is 7.36. The van der Waals surface area contributed by atoms with Crippen molar-refractivity contribution in [3.63, 3.8) is 0 Å². The van der Waals surface area contributed by atoms with E-state index in [1.807, 2.05) is 54.2 Å². The van der Waals surface area contributed by atoms with E-state index < -0.39 is 6.61 Å². The number of alkyl halides is 2. The molecule has 1 saturated carbocycles. The van der Waals surface area contributed by atoms with Gasteiger partial charge < -0.3 is 9.47 Å². The Bertz CT molecular complexity index is 958. The van der Waals surface area contributed by atoms with Crippen LogP contribution >= 0.6 is 0 Å². The average molecular weight is 413 g/mol. The first-order valence-corrected chi connectivity index (χ1v) is 10.2. The molecule has 7 heteroatoms. The highest BCUT2D eigenvalue weighted by Crippen LogP contribution is 2.33. The minimum Gasteiger partial charge on any atom is -0.490 e. The van der Waals surface area contributed by atoms with Crippen LogP contribution in [0.25, 0.3) is 5.69 Å². The predicted molar refractivity (Wildman–Crippen MR) is 110 cm³/mol. The van der Waals surface area contributed by atoms with Gasteiger partial charge in [0.05, 0.1) is 18.5 Å². The zero-order chi connectivity index (χ0) is 20.9. The van der Waals surface area contributed by atoms with Crippen molar-refractivity contribution in [2.45, 2.75) is 45.5 Å². The Kier molecular flexibility index (Phi) is 6.28. The summed E-state index contributed by atoms with van der Waals surface area (Å²) >= 11 is 0. The minimum atomic E-state index is -2.88. The molecule has 1 aliphatic carbocycles. The fraction of sp³-hybridized carbons (Fsp3) is 0.348. The van der Waals surface area contributed by atoms with Gasteiger partial charge in [0.1, 0.15) is 0 Å². The first kappa shape index (κ1) is 20.3. The number of para-hydroxylation sites is 1. The van der Waals surface area contributed by atoms with Crippen LogP contribution in [-0.4, -0.2) is 33.9 Å². The van der Waals surface area contributed by atoms with Crippen LogP contribution in [0.2, 0.25) is 0 Å². The molecule has 0 aliphatic heterocycles. The molecule has 0 unspecified atom stereocenters. The maximum absolute atomic E-state index is 12.6. The summed E-state index contributed by atoms with van der Waals surface area (Å²) in [5.41, 5.74) is 3.16. The van der Waals surface area contributed by atoms with Crippen molar-refractivity contribution >= 4 is 0 Å². The molecule has 0 N–H and O–H groups in total. The maximum atomic E-state index is 12.6. The summed E-state index contributed by atoms with van der Waals surface area (Å²) in [5.74, 6) is 0.417. The highest BCUT2D eigenvalue weighted by molar-refractivity contribution is 5.43. The second kappa shape index (κ2) is 9.26. The standard InChI is InChI=1S/C23H25F2N3O2/c1-2-29-22-12-17(8-11-21(22)30-23(24)25)14-27(19-9-10-19)15-18-13-26-28(16-18)20-6-4-3-5-7-20/h3-8,11-13,16,19,23H,2,9-10,14-15H2,1H3. The molecule has 0 radical (unpaired) electrons. The first-order chi connectivity index (χ1) is 14.6. The Balaban J connectivity index is 1.48. The molecule has 0 spiro atoms. The highest BCUT2D eigenvalue weighted by Gasteiger charge is 2.29. The van der Waals surface area contributed by atoms with Crippen molar-refractivity contribution in [1.82, 2.24) is 14.7 Å². The summed E-state index contributed by atoms with van der Waals surface area (Å²) in [5, 5.41) is 4.49. The molecule has 158 valence electrons. The molecule has 0 amide bonds. The molecule has 4 rings (SSSR count). The van der Waals surface area contributed by atoms with Crippen molar-refractivity contribution in [2.24, 2.45) is 0 Å². The number of nitrogens with zero attached hydrogens (tertiary/aromatic N) is 3. The highest BCUT2D eigenvalue weighted by atomic mass is 19.3. The van der Waals surface area contributed by atoms with E-state index in [1.165, 1.54) is 0 Å². The van der Waals surface area contributed by atoms with Crippen LogP contribution in [0.15, 0.2) is 60.9 Å². The van der Waals surface area contributed by atoms with Gasteiger partial charge in [-0.25, -0.2) is 4.68 Å². The van der Waals surface area contributed by atoms with Crippen LogP contribution in [0.1, 0.15) is 30.9 Å². The molecule has 1 aliphatic rings. The summed E-state index contributed by atoms with van der Waals surface area (Å²) in [7, 11) is 0. The van der Waals surface area contributed by atoms with E-state index in [-0.39, 0.29) is 5.75 Å². The summed E-state index contributed by atoms with van der Waals surface area (Å²) < 4.78 is 37.2. The van der Waals surface area contributed by atoms with Gasteiger partial charge in [0.25, 0.3) is 0 Å². The fourth-order valence-electron chi connectivity index (χ4n) is 3.50. The molecule has 30 heavy (non-hydrogen) atoms. The Morgan fingerprint density at radius 3 is 2.53 bits per heavy atom. The van der Waals surface area contributed by atoms with E-state index in [0.29, 0.717) is 24.9 Å². The zero-order valence-corrected chi connectivity index (χ0v) is 16.9. The summed E-state index contributed by atoms with van der Waals surface area (Å²) in [6.45, 7) is 0.806. The maximum Gasteiger partial charge on any atom is 0.387 e. The van der Waals surface area contributed by atoms with Crippen LogP contribution in [0.4, 0.5) is 8.78 Å². The normalized spacial score (nSPS) is 13.8. The summed E-state index contributed by atoms with van der Waals surface area (Å²) in [4.78, 5) is 2.39. The zero-order valence-electron chi connectivity index (χ0n) is 16.9. The Morgan fingerprint density at radius 2 is 1.83 bits per heavy atom. The van der Waals surface area contributed by atoms with Crippen molar-refractivity contribution in [3.8, 4) is 17.2 Å². The van der Waals surface area contributed by atoms with E-state index >= 15 is 0 Å². The minimum absolute atomic E-state index is 0.0673. The van der Waals surface area contributed by atoms with Crippen molar-refractivity contribution < 1.29 is 18.3 Å². The third-order valence-electron chi connectivity index (χ3n) is 5.02. The molecule has 2 aromatic carbocycles. The lowest BCUT2D eigenvalue weighted by molar-refractivity contribution is -0.0514. The molecule has 0 saturated heterocycles. The van der Waals surface area contributed by atoms with Gasteiger partial charge in [0, 0.05) is 30.9 Å². The number of hydrogen-bond acceptors (Lipinski definition) is 4. The van der Waals surface area contributed by atoms with Gasteiger partial charge in [-0.3, -0.25) is 4.90 Å². The largest absolute Gasteiger partial charge is 0.490 e. The number of benzene rings is 2. The predicted octanol–water partition coefficient (Wildman–Crippen LogP) is 5.04. The molecule has 0 atom stereocenters. The molecule has 0 bridgehead atoms. The van der Waals surface area contributed by atoms with Crippen molar-refractivity contribution in [2.75, 3.05) is 6.61 Å². The number of hydrogen-bond donors (Lipinski definition) is 0. The molecule has 1 heterocycles. The van der Waals surface area contributed by atoms with Crippen LogP contribution in [0.3, 0.4) is 0 Å². The third-order valence-corrected chi connectivity index (χ3v) is 5.02. The SMILES string of the molecule is CCOc1cc(CN(Cc2cnn(-c3ccccc3)c2)C2CC2)ccc1OC(F)F. The van der Waals surface area contributed by atoms with Crippen LogP contribution < -0.4 is 9.47 Å². The van der Waals surface area contributed by atoms with Gasteiger partial charge >= 0.3 is 6.61 Å². The molecular weight excluding hydrogens is 388 g/mol. The van der Waals surface area contributed by atoms with Crippen molar-refractivity contribution in [1.29, 1.82) is 0 Å². The van der Waals surface area contributed by atoms with Gasteiger partial charge in [-0.15, -0.1) is 0 Å². The Hall–Kier alpha value is -2.93. The lowest BCUT2D eigenvalue weighted by Gasteiger charge is -2.22. The van der Waals surface area contributed by atoms with E-state index in [0.717, 1.165) is 36.2 Å². The lowest BCUT2D eigenvalue weighted by Crippen LogP contribution is -2.25. The molecule has 3 aromatic rings. The summed E-state index contributed by atoms with van der Waals surface area (Å²) in [6, 6.07) is 15.7. The van der Waals surface area contributed by atoms with Crippen LogP contribution in [0, 0.1) is 0 Å².